The molecule has 3 nitrogen and oxygen atoms in total. The van der Waals surface area contributed by atoms with Crippen molar-refractivity contribution in [1.29, 1.82) is 0 Å². The smallest absolute Gasteiger partial charge is 0.241 e. The van der Waals surface area contributed by atoms with Crippen molar-refractivity contribution in [3.05, 3.63) is 35.9 Å². The van der Waals surface area contributed by atoms with E-state index in [1.54, 1.807) is 0 Å². The first-order valence-corrected chi connectivity index (χ1v) is 7.59. The van der Waals surface area contributed by atoms with Crippen molar-refractivity contribution in [2.45, 2.75) is 46.3 Å². The highest BCUT2D eigenvalue weighted by Crippen LogP contribution is 2.21. The van der Waals surface area contributed by atoms with E-state index in [4.69, 9.17) is 0 Å². The molecule has 1 N–H and O–H groups in total. The predicted octanol–water partition coefficient (Wildman–Crippen LogP) is 2.67. The van der Waals surface area contributed by atoms with Gasteiger partial charge >= 0.3 is 0 Å². The van der Waals surface area contributed by atoms with Gasteiger partial charge in [0.2, 0.25) is 5.91 Å². The molecular weight excluding hydrogens is 248 g/mol. The summed E-state index contributed by atoms with van der Waals surface area (Å²) >= 11 is 0. The summed E-state index contributed by atoms with van der Waals surface area (Å²) < 4.78 is 0. The predicted molar refractivity (Wildman–Crippen MR) is 82.2 cm³/mol. The summed E-state index contributed by atoms with van der Waals surface area (Å²) in [5.41, 5.74) is 1.22. The molecule has 3 heteroatoms. The Balaban J connectivity index is 2.10. The molecule has 20 heavy (non-hydrogen) atoms. The summed E-state index contributed by atoms with van der Waals surface area (Å²) in [4.78, 5) is 14.7. The molecule has 1 saturated heterocycles. The zero-order valence-corrected chi connectivity index (χ0v) is 13.0. The van der Waals surface area contributed by atoms with Gasteiger partial charge in [-0.2, -0.15) is 0 Å². The fourth-order valence-electron chi connectivity index (χ4n) is 2.85. The summed E-state index contributed by atoms with van der Waals surface area (Å²) in [6.45, 7) is 9.50. The van der Waals surface area contributed by atoms with E-state index >= 15 is 0 Å². The van der Waals surface area contributed by atoms with Crippen LogP contribution in [0.4, 0.5) is 0 Å². The van der Waals surface area contributed by atoms with Crippen LogP contribution in [0.3, 0.4) is 0 Å². The SMILES string of the molecule is CC(C)CN1C(=O)C(Cc2ccccc2)NC1C(C)C. The quantitative estimate of drug-likeness (QED) is 0.895. The highest BCUT2D eigenvalue weighted by molar-refractivity contribution is 5.84. The highest BCUT2D eigenvalue weighted by Gasteiger charge is 2.39. The van der Waals surface area contributed by atoms with Crippen LogP contribution in [-0.2, 0) is 11.2 Å². The molecule has 1 aromatic carbocycles. The Kier molecular flexibility index (Phi) is 4.81. The van der Waals surface area contributed by atoms with Crippen LogP contribution in [0.1, 0.15) is 33.3 Å². The number of rotatable bonds is 5. The third-order valence-corrected chi connectivity index (χ3v) is 3.76. The van der Waals surface area contributed by atoms with E-state index in [2.05, 4.69) is 45.1 Å². The van der Waals surface area contributed by atoms with Crippen LogP contribution in [0.15, 0.2) is 30.3 Å². The van der Waals surface area contributed by atoms with Crippen molar-refractivity contribution < 1.29 is 4.79 Å². The number of carbonyl (C=O) groups is 1. The van der Waals surface area contributed by atoms with E-state index in [1.165, 1.54) is 5.56 Å². The average molecular weight is 274 g/mol. The van der Waals surface area contributed by atoms with Gasteiger partial charge in [0.05, 0.1) is 12.2 Å². The Bertz CT molecular complexity index is 442. The second-order valence-corrected chi connectivity index (χ2v) is 6.48. The van der Waals surface area contributed by atoms with Crippen LogP contribution in [0.2, 0.25) is 0 Å². The number of carbonyl (C=O) groups excluding carboxylic acids is 1. The number of benzene rings is 1. The zero-order chi connectivity index (χ0) is 14.7. The fourth-order valence-corrected chi connectivity index (χ4v) is 2.85. The van der Waals surface area contributed by atoms with E-state index < -0.39 is 0 Å². The third kappa shape index (κ3) is 3.40. The van der Waals surface area contributed by atoms with Gasteiger partial charge < -0.3 is 4.90 Å². The Morgan fingerprint density at radius 2 is 1.80 bits per heavy atom. The van der Waals surface area contributed by atoms with Crippen molar-refractivity contribution in [2.24, 2.45) is 11.8 Å². The van der Waals surface area contributed by atoms with Gasteiger partial charge in [-0.3, -0.25) is 10.1 Å². The van der Waals surface area contributed by atoms with Crippen LogP contribution in [0.25, 0.3) is 0 Å². The lowest BCUT2D eigenvalue weighted by Gasteiger charge is -2.28. The first kappa shape index (κ1) is 15.0. The molecule has 1 aliphatic heterocycles. The van der Waals surface area contributed by atoms with Gasteiger partial charge in [0.25, 0.3) is 0 Å². The van der Waals surface area contributed by atoms with Gasteiger partial charge in [0, 0.05) is 6.54 Å². The molecule has 1 amide bonds. The minimum atomic E-state index is -0.0800. The molecule has 1 heterocycles. The van der Waals surface area contributed by atoms with E-state index in [-0.39, 0.29) is 18.1 Å². The number of hydrogen-bond acceptors (Lipinski definition) is 2. The van der Waals surface area contributed by atoms with E-state index in [9.17, 15) is 4.79 Å². The Morgan fingerprint density at radius 1 is 1.15 bits per heavy atom. The molecule has 1 aromatic rings. The number of nitrogens with zero attached hydrogens (tertiary/aromatic N) is 1. The molecule has 0 bridgehead atoms. The Labute approximate surface area is 122 Å². The Hall–Kier alpha value is -1.35. The van der Waals surface area contributed by atoms with Crippen molar-refractivity contribution in [3.63, 3.8) is 0 Å². The maximum atomic E-state index is 12.6. The van der Waals surface area contributed by atoms with Gasteiger partial charge in [0.15, 0.2) is 0 Å². The molecule has 2 rings (SSSR count). The summed E-state index contributed by atoms with van der Waals surface area (Å²) in [6, 6.07) is 10.2. The van der Waals surface area contributed by atoms with Crippen LogP contribution in [0, 0.1) is 11.8 Å². The Morgan fingerprint density at radius 3 is 2.35 bits per heavy atom. The van der Waals surface area contributed by atoms with Crippen molar-refractivity contribution >= 4 is 5.91 Å². The van der Waals surface area contributed by atoms with Crippen molar-refractivity contribution in [1.82, 2.24) is 10.2 Å². The molecule has 1 aliphatic rings. The van der Waals surface area contributed by atoms with Crippen LogP contribution in [0.5, 0.6) is 0 Å². The standard InChI is InChI=1S/C17H26N2O/c1-12(2)11-19-16(13(3)4)18-15(17(19)20)10-14-8-6-5-7-9-14/h5-9,12-13,15-16,18H,10-11H2,1-4H3. The summed E-state index contributed by atoms with van der Waals surface area (Å²) in [5.74, 6) is 1.18. The van der Waals surface area contributed by atoms with Crippen molar-refractivity contribution in [3.8, 4) is 0 Å². The summed E-state index contributed by atoms with van der Waals surface area (Å²) in [7, 11) is 0. The van der Waals surface area contributed by atoms with Crippen LogP contribution < -0.4 is 5.32 Å². The molecule has 0 radical (unpaired) electrons. The molecule has 0 aromatic heterocycles. The molecule has 0 aliphatic carbocycles. The first-order valence-electron chi connectivity index (χ1n) is 7.59. The van der Waals surface area contributed by atoms with Gasteiger partial charge in [-0.05, 0) is 23.8 Å². The third-order valence-electron chi connectivity index (χ3n) is 3.76. The molecule has 110 valence electrons. The minimum Gasteiger partial charge on any atom is -0.325 e. The van der Waals surface area contributed by atoms with E-state index in [0.717, 1.165) is 13.0 Å². The normalized spacial score (nSPS) is 23.1. The van der Waals surface area contributed by atoms with Gasteiger partial charge in [-0.1, -0.05) is 58.0 Å². The molecule has 1 fully saturated rings. The summed E-state index contributed by atoms with van der Waals surface area (Å²) in [5, 5.41) is 3.52. The number of hydrogen-bond donors (Lipinski definition) is 1. The molecular formula is C17H26N2O. The molecule has 0 spiro atoms. The zero-order valence-electron chi connectivity index (χ0n) is 13.0. The number of amides is 1. The van der Waals surface area contributed by atoms with E-state index in [1.807, 2.05) is 23.1 Å². The molecule has 0 saturated carbocycles. The fraction of sp³-hybridized carbons (Fsp3) is 0.588. The van der Waals surface area contributed by atoms with Crippen molar-refractivity contribution in [2.75, 3.05) is 6.54 Å². The maximum absolute atomic E-state index is 12.6. The molecule has 2 unspecified atom stereocenters. The number of nitrogens with one attached hydrogen (secondary N) is 1. The topological polar surface area (TPSA) is 32.3 Å². The van der Waals surface area contributed by atoms with Gasteiger partial charge in [0.1, 0.15) is 0 Å². The summed E-state index contributed by atoms with van der Waals surface area (Å²) in [6.07, 6.45) is 0.941. The average Bonchev–Trinajstić information content (AvgIpc) is 2.69. The highest BCUT2D eigenvalue weighted by atomic mass is 16.2. The lowest BCUT2D eigenvalue weighted by Crippen LogP contribution is -2.43. The molecule has 2 atom stereocenters. The van der Waals surface area contributed by atoms with Crippen LogP contribution in [-0.4, -0.2) is 29.6 Å². The van der Waals surface area contributed by atoms with Gasteiger partial charge in [-0.25, -0.2) is 0 Å². The lowest BCUT2D eigenvalue weighted by atomic mass is 10.1. The van der Waals surface area contributed by atoms with Gasteiger partial charge in [-0.15, -0.1) is 0 Å². The van der Waals surface area contributed by atoms with Crippen LogP contribution >= 0.6 is 0 Å². The largest absolute Gasteiger partial charge is 0.325 e. The minimum absolute atomic E-state index is 0.0800. The second-order valence-electron chi connectivity index (χ2n) is 6.48. The first-order chi connectivity index (χ1) is 9.49. The second kappa shape index (κ2) is 6.40. The maximum Gasteiger partial charge on any atom is 0.241 e. The monoisotopic (exact) mass is 274 g/mol. The lowest BCUT2D eigenvalue weighted by molar-refractivity contribution is -0.131. The van der Waals surface area contributed by atoms with E-state index in [0.29, 0.717) is 11.8 Å².